The van der Waals surface area contributed by atoms with Gasteiger partial charge in [-0.3, -0.25) is 13.9 Å². The van der Waals surface area contributed by atoms with Crippen LogP contribution >= 0.6 is 0 Å². The monoisotopic (exact) mass is 545 g/mol. The van der Waals surface area contributed by atoms with Crippen molar-refractivity contribution in [1.82, 2.24) is 9.13 Å². The number of aryl methyl sites for hydroxylation is 1. The van der Waals surface area contributed by atoms with Crippen molar-refractivity contribution in [3.05, 3.63) is 43.7 Å². The van der Waals surface area contributed by atoms with E-state index in [1.54, 1.807) is 6.92 Å². The summed E-state index contributed by atoms with van der Waals surface area (Å²) in [5, 5.41) is 0.594. The lowest BCUT2D eigenvalue weighted by molar-refractivity contribution is -0.0781. The summed E-state index contributed by atoms with van der Waals surface area (Å²) in [6.45, 7) is 16.0. The highest BCUT2D eigenvalue weighted by Gasteiger charge is 2.67. The number of rotatable bonds is 7. The number of nitrogens with zero attached hydrogens (tertiary/aromatic N) is 2. The summed E-state index contributed by atoms with van der Waals surface area (Å²) in [7, 11) is -5.39. The lowest BCUT2D eigenvalue weighted by atomic mass is 9.89. The summed E-state index contributed by atoms with van der Waals surface area (Å²) < 4.78 is 52.2. The van der Waals surface area contributed by atoms with Crippen molar-refractivity contribution in [2.75, 3.05) is 13.2 Å². The Labute approximate surface area is 213 Å². The molecule has 204 valence electrons. The van der Waals surface area contributed by atoms with E-state index in [-0.39, 0.29) is 23.3 Å². The highest BCUT2D eigenvalue weighted by Crippen LogP contribution is 2.51. The first-order valence-corrected chi connectivity index (χ1v) is 16.3. The molecule has 1 fully saturated rings. The maximum atomic E-state index is 13.2. The van der Waals surface area contributed by atoms with Gasteiger partial charge in [-0.05, 0) is 31.0 Å². The summed E-state index contributed by atoms with van der Waals surface area (Å²) in [6, 6.07) is 0. The molecule has 0 aromatic carbocycles. The van der Waals surface area contributed by atoms with Gasteiger partial charge in [0.05, 0.1) is 17.7 Å². The molecule has 2 aliphatic rings. The van der Waals surface area contributed by atoms with Gasteiger partial charge in [0.25, 0.3) is 15.7 Å². The summed E-state index contributed by atoms with van der Waals surface area (Å²) in [5.41, 5.74) is 3.76. The molecule has 1 saturated heterocycles. The van der Waals surface area contributed by atoms with Crippen molar-refractivity contribution >= 4 is 18.4 Å². The zero-order valence-electron chi connectivity index (χ0n) is 22.5. The van der Waals surface area contributed by atoms with Crippen molar-refractivity contribution < 1.29 is 26.5 Å². The fourth-order valence-electron chi connectivity index (χ4n) is 4.15. The van der Waals surface area contributed by atoms with Gasteiger partial charge in [0.2, 0.25) is 0 Å². The van der Waals surface area contributed by atoms with Gasteiger partial charge in [0.15, 0.2) is 20.1 Å². The fraction of sp³-hybridized carbons (Fsp3) is 0.739. The first-order valence-electron chi connectivity index (χ1n) is 12.0. The Bertz CT molecular complexity index is 1260. The quantitative estimate of drug-likeness (QED) is 0.400. The molecule has 0 aliphatic carbocycles. The van der Waals surface area contributed by atoms with Crippen molar-refractivity contribution in [2.45, 2.75) is 83.7 Å². The standard InChI is InChI=1S/C23H39N3O8SSi/c1-14(2)11-31-12-17-23(16(24)13-35(29,30)34-23)18(33-36(8,9)22(4,5)6)20(32-17)26-10-15(3)19(27)25(7)21(26)28/h10,13-14,17-18,20H,11-12,24H2,1-9H3/t17?,18-,20+,23?/m0/s1. The average molecular weight is 546 g/mol. The second kappa shape index (κ2) is 9.51. The van der Waals surface area contributed by atoms with Crippen LogP contribution in [0.4, 0.5) is 0 Å². The largest absolute Gasteiger partial charge is 0.406 e. The Morgan fingerprint density at radius 2 is 1.86 bits per heavy atom. The van der Waals surface area contributed by atoms with Crippen LogP contribution in [0, 0.1) is 12.8 Å². The summed E-state index contributed by atoms with van der Waals surface area (Å²) in [6.07, 6.45) is -1.86. The molecule has 36 heavy (non-hydrogen) atoms. The maximum Gasteiger partial charge on any atom is 0.332 e. The molecule has 0 amide bonds. The van der Waals surface area contributed by atoms with Crippen LogP contribution in [0.3, 0.4) is 0 Å². The van der Waals surface area contributed by atoms with Crippen LogP contribution in [0.2, 0.25) is 18.1 Å². The number of hydrogen-bond acceptors (Lipinski definition) is 9. The number of nitrogens with two attached hydrogens (primary N) is 1. The Kier molecular flexibility index (Phi) is 7.61. The van der Waals surface area contributed by atoms with Gasteiger partial charge >= 0.3 is 5.69 Å². The third kappa shape index (κ3) is 5.01. The van der Waals surface area contributed by atoms with Gasteiger partial charge in [0.1, 0.15) is 12.2 Å². The lowest BCUT2D eigenvalue weighted by Crippen LogP contribution is -2.58. The molecule has 2 N–H and O–H groups in total. The zero-order chi connectivity index (χ0) is 27.4. The molecule has 1 aromatic heterocycles. The molecule has 2 aliphatic heterocycles. The molecule has 3 rings (SSSR count). The zero-order valence-corrected chi connectivity index (χ0v) is 24.3. The number of ether oxygens (including phenoxy) is 2. The highest BCUT2D eigenvalue weighted by molar-refractivity contribution is 7.90. The van der Waals surface area contributed by atoms with Gasteiger partial charge in [-0.2, -0.15) is 8.42 Å². The lowest BCUT2D eigenvalue weighted by Gasteiger charge is -2.43. The predicted molar refractivity (Wildman–Crippen MR) is 137 cm³/mol. The van der Waals surface area contributed by atoms with Crippen LogP contribution in [-0.4, -0.2) is 56.9 Å². The minimum absolute atomic E-state index is 0.0460. The van der Waals surface area contributed by atoms with E-state index in [1.807, 2.05) is 47.7 Å². The molecular formula is C23H39N3O8SSi. The van der Waals surface area contributed by atoms with E-state index < -0.39 is 53.7 Å². The first kappa shape index (κ1) is 28.8. The maximum absolute atomic E-state index is 13.2. The van der Waals surface area contributed by atoms with Crippen LogP contribution in [0.25, 0.3) is 0 Å². The topological polar surface area (TPSA) is 141 Å². The first-order chi connectivity index (χ1) is 16.3. The molecule has 2 unspecified atom stereocenters. The molecule has 13 heteroatoms. The average Bonchev–Trinajstić information content (AvgIpc) is 3.14. The molecule has 0 bridgehead atoms. The van der Waals surface area contributed by atoms with Gasteiger partial charge in [-0.15, -0.1) is 0 Å². The second-order valence-corrected chi connectivity index (χ2v) is 17.7. The Morgan fingerprint density at radius 3 is 2.36 bits per heavy atom. The Balaban J connectivity index is 2.24. The van der Waals surface area contributed by atoms with Crippen molar-refractivity contribution in [2.24, 2.45) is 18.7 Å². The van der Waals surface area contributed by atoms with Gasteiger partial charge in [-0.25, -0.2) is 8.98 Å². The van der Waals surface area contributed by atoms with Gasteiger partial charge in [0, 0.05) is 25.4 Å². The van der Waals surface area contributed by atoms with E-state index >= 15 is 0 Å². The van der Waals surface area contributed by atoms with Crippen LogP contribution in [0.5, 0.6) is 0 Å². The van der Waals surface area contributed by atoms with Crippen LogP contribution in [0.1, 0.15) is 46.4 Å². The summed E-state index contributed by atoms with van der Waals surface area (Å²) in [4.78, 5) is 25.6. The molecule has 1 spiro atoms. The molecule has 3 heterocycles. The highest BCUT2D eigenvalue weighted by atomic mass is 32.2. The molecule has 0 radical (unpaired) electrons. The normalized spacial score (nSPS) is 28.3. The van der Waals surface area contributed by atoms with Crippen molar-refractivity contribution in [1.29, 1.82) is 0 Å². The third-order valence-electron chi connectivity index (χ3n) is 7.15. The summed E-state index contributed by atoms with van der Waals surface area (Å²) >= 11 is 0. The number of aromatic nitrogens is 2. The Hall–Kier alpha value is -1.77. The molecular weight excluding hydrogens is 506 g/mol. The van der Waals surface area contributed by atoms with Crippen LogP contribution in [-0.2, 0) is 35.2 Å². The molecule has 0 saturated carbocycles. The van der Waals surface area contributed by atoms with E-state index in [2.05, 4.69) is 0 Å². The molecule has 4 atom stereocenters. The van der Waals surface area contributed by atoms with Gasteiger partial charge < -0.3 is 19.6 Å². The molecule has 11 nitrogen and oxygen atoms in total. The summed E-state index contributed by atoms with van der Waals surface area (Å²) in [5.74, 6) is 0.215. The fourth-order valence-corrected chi connectivity index (χ4v) is 6.66. The van der Waals surface area contributed by atoms with E-state index in [0.717, 1.165) is 9.98 Å². The van der Waals surface area contributed by atoms with Crippen molar-refractivity contribution in [3.63, 3.8) is 0 Å². The second-order valence-electron chi connectivity index (χ2n) is 11.6. The smallest absolute Gasteiger partial charge is 0.332 e. The minimum atomic E-state index is -4.15. The predicted octanol–water partition coefficient (Wildman–Crippen LogP) is 1.71. The SMILES string of the molecule is Cc1cn([C@@H]2OC(COCC(C)C)C3(OS(=O)(=O)C=C3N)[C@H]2O[Si](C)(C)C(C)(C)C)c(=O)n(C)c1=O. The van der Waals surface area contributed by atoms with Crippen LogP contribution in [0.15, 0.2) is 26.9 Å². The van der Waals surface area contributed by atoms with E-state index in [4.69, 9.17) is 23.8 Å². The Morgan fingerprint density at radius 1 is 1.25 bits per heavy atom. The van der Waals surface area contributed by atoms with E-state index in [1.165, 1.54) is 17.8 Å². The van der Waals surface area contributed by atoms with Crippen molar-refractivity contribution in [3.8, 4) is 0 Å². The van der Waals surface area contributed by atoms with E-state index in [9.17, 15) is 18.0 Å². The molecule has 1 aromatic rings. The van der Waals surface area contributed by atoms with E-state index in [0.29, 0.717) is 12.2 Å². The third-order valence-corrected chi connectivity index (χ3v) is 12.7. The van der Waals surface area contributed by atoms with Crippen LogP contribution < -0.4 is 17.0 Å². The number of hydrogen-bond donors (Lipinski definition) is 1. The minimum Gasteiger partial charge on any atom is -0.406 e. The van der Waals surface area contributed by atoms with Gasteiger partial charge in [-0.1, -0.05) is 34.6 Å².